The highest BCUT2D eigenvalue weighted by molar-refractivity contribution is 6.39. The molecule has 1 aliphatic heterocycles. The molecule has 29 heavy (non-hydrogen) atoms. The number of halogens is 4. The van der Waals surface area contributed by atoms with Crippen molar-refractivity contribution in [3.8, 4) is 0 Å². The van der Waals surface area contributed by atoms with E-state index < -0.39 is 23.6 Å². The van der Waals surface area contributed by atoms with E-state index in [0.717, 1.165) is 24.1 Å². The van der Waals surface area contributed by atoms with Crippen LogP contribution in [-0.4, -0.2) is 29.8 Å². The van der Waals surface area contributed by atoms with Crippen molar-refractivity contribution in [3.63, 3.8) is 0 Å². The minimum Gasteiger partial charge on any atom is -0.334 e. The summed E-state index contributed by atoms with van der Waals surface area (Å²) in [4.78, 5) is 25.9. The Kier molecular flexibility index (Phi) is 6.20. The zero-order chi connectivity index (χ0) is 21.0. The number of likely N-dealkylation sites (tertiary alicyclic amines) is 1. The molecule has 8 heteroatoms. The van der Waals surface area contributed by atoms with Crippen LogP contribution in [0.3, 0.4) is 0 Å². The number of amides is 2. The fourth-order valence-corrected chi connectivity index (χ4v) is 3.40. The molecular weight excluding hydrogens is 388 g/mol. The molecule has 0 saturated carbocycles. The molecule has 4 nitrogen and oxygen atoms in total. The number of carbonyl (C=O) groups is 2. The molecule has 2 aromatic rings. The van der Waals surface area contributed by atoms with Crippen molar-refractivity contribution < 1.29 is 27.2 Å². The van der Waals surface area contributed by atoms with Gasteiger partial charge in [-0.05, 0) is 61.1 Å². The highest BCUT2D eigenvalue weighted by atomic mass is 19.4. The minimum absolute atomic E-state index is 0.0793. The van der Waals surface area contributed by atoms with Crippen LogP contribution in [0.4, 0.5) is 23.2 Å². The molecule has 1 fully saturated rings. The molecular formula is C21H20F4N2O2. The molecule has 0 radical (unpaired) electrons. The normalized spacial score (nSPS) is 15.2. The van der Waals surface area contributed by atoms with Crippen molar-refractivity contribution in [2.24, 2.45) is 5.92 Å². The Hall–Kier alpha value is -2.90. The topological polar surface area (TPSA) is 49.4 Å². The molecule has 2 amide bonds. The average molecular weight is 408 g/mol. The van der Waals surface area contributed by atoms with Gasteiger partial charge in [0.25, 0.3) is 0 Å². The molecule has 2 aromatic carbocycles. The number of nitrogens with zero attached hydrogens (tertiary/aromatic N) is 1. The van der Waals surface area contributed by atoms with Gasteiger partial charge in [0.05, 0.1) is 5.56 Å². The van der Waals surface area contributed by atoms with E-state index in [-0.39, 0.29) is 11.5 Å². The monoisotopic (exact) mass is 408 g/mol. The summed E-state index contributed by atoms with van der Waals surface area (Å²) in [5.74, 6) is -1.69. The summed E-state index contributed by atoms with van der Waals surface area (Å²) in [6.07, 6.45) is -2.38. The second-order valence-corrected chi connectivity index (χ2v) is 7.10. The summed E-state index contributed by atoms with van der Waals surface area (Å²) in [7, 11) is 0. The second kappa shape index (κ2) is 8.63. The number of anilines is 1. The van der Waals surface area contributed by atoms with E-state index in [1.165, 1.54) is 29.2 Å². The zero-order valence-electron chi connectivity index (χ0n) is 15.5. The van der Waals surface area contributed by atoms with Crippen LogP contribution < -0.4 is 5.32 Å². The molecule has 0 bridgehead atoms. The van der Waals surface area contributed by atoms with E-state index in [1.54, 1.807) is 12.1 Å². The van der Waals surface area contributed by atoms with Crippen LogP contribution in [0.5, 0.6) is 0 Å². The molecule has 1 N–H and O–H groups in total. The van der Waals surface area contributed by atoms with E-state index in [9.17, 15) is 27.2 Å². The number of rotatable bonds is 3. The summed E-state index contributed by atoms with van der Waals surface area (Å²) >= 11 is 0. The van der Waals surface area contributed by atoms with Crippen LogP contribution in [0.1, 0.15) is 24.0 Å². The smallest absolute Gasteiger partial charge is 0.334 e. The van der Waals surface area contributed by atoms with Crippen LogP contribution in [0, 0.1) is 11.7 Å². The molecule has 0 aliphatic carbocycles. The first kappa shape index (κ1) is 20.8. The Balaban J connectivity index is 1.52. The standard InChI is InChI=1S/C21H20F4N2O2/c22-17-6-4-14(5-7-17)12-15-8-10-27(11-9-15)20(29)19(28)26-18-3-1-2-16(13-18)21(23,24)25/h1-7,13,15H,8-12H2,(H,26,28). The SMILES string of the molecule is O=C(Nc1cccc(C(F)(F)F)c1)C(=O)N1CCC(Cc2ccc(F)cc2)CC1. The van der Waals surface area contributed by atoms with Crippen molar-refractivity contribution >= 4 is 17.5 Å². The fourth-order valence-electron chi connectivity index (χ4n) is 3.40. The summed E-state index contributed by atoms with van der Waals surface area (Å²) in [6, 6.07) is 10.4. The number of nitrogens with one attached hydrogen (secondary N) is 1. The zero-order valence-corrected chi connectivity index (χ0v) is 15.5. The number of piperidine rings is 1. The Bertz CT molecular complexity index is 873. The van der Waals surface area contributed by atoms with Crippen molar-refractivity contribution in [2.75, 3.05) is 18.4 Å². The van der Waals surface area contributed by atoms with Crippen LogP contribution in [0.25, 0.3) is 0 Å². The summed E-state index contributed by atoms with van der Waals surface area (Å²) < 4.78 is 51.3. The van der Waals surface area contributed by atoms with E-state index in [0.29, 0.717) is 31.8 Å². The third kappa shape index (κ3) is 5.56. The number of alkyl halides is 3. The van der Waals surface area contributed by atoms with Gasteiger partial charge < -0.3 is 10.2 Å². The van der Waals surface area contributed by atoms with Gasteiger partial charge in [0, 0.05) is 18.8 Å². The first-order chi connectivity index (χ1) is 13.7. The Morgan fingerprint density at radius 3 is 2.31 bits per heavy atom. The molecule has 1 aliphatic rings. The maximum Gasteiger partial charge on any atom is 0.416 e. The summed E-state index contributed by atoms with van der Waals surface area (Å²) in [5.41, 5.74) is 0.0344. The van der Waals surface area contributed by atoms with Crippen molar-refractivity contribution in [1.82, 2.24) is 4.90 Å². The minimum atomic E-state index is -4.53. The van der Waals surface area contributed by atoms with Gasteiger partial charge in [0.1, 0.15) is 5.82 Å². The number of hydrogen-bond donors (Lipinski definition) is 1. The van der Waals surface area contributed by atoms with Gasteiger partial charge in [-0.2, -0.15) is 13.2 Å². The van der Waals surface area contributed by atoms with Gasteiger partial charge in [-0.1, -0.05) is 18.2 Å². The fraction of sp³-hybridized carbons (Fsp3) is 0.333. The molecule has 1 heterocycles. The van der Waals surface area contributed by atoms with Gasteiger partial charge in [-0.3, -0.25) is 9.59 Å². The largest absolute Gasteiger partial charge is 0.416 e. The van der Waals surface area contributed by atoms with Gasteiger partial charge in [0.15, 0.2) is 0 Å². The number of benzene rings is 2. The Labute approximate surface area is 165 Å². The Morgan fingerprint density at radius 1 is 1.03 bits per heavy atom. The predicted molar refractivity (Wildman–Crippen MR) is 99.5 cm³/mol. The number of carbonyl (C=O) groups excluding carboxylic acids is 2. The summed E-state index contributed by atoms with van der Waals surface area (Å²) in [5, 5.41) is 2.24. The van der Waals surface area contributed by atoms with Crippen molar-refractivity contribution in [3.05, 3.63) is 65.5 Å². The Morgan fingerprint density at radius 2 is 1.69 bits per heavy atom. The third-order valence-corrected chi connectivity index (χ3v) is 4.98. The average Bonchev–Trinajstić information content (AvgIpc) is 2.69. The molecule has 3 rings (SSSR count). The van der Waals surface area contributed by atoms with E-state index in [4.69, 9.17) is 0 Å². The molecule has 0 spiro atoms. The first-order valence-electron chi connectivity index (χ1n) is 9.24. The molecule has 0 atom stereocenters. The summed E-state index contributed by atoms with van der Waals surface area (Å²) in [6.45, 7) is 0.779. The van der Waals surface area contributed by atoms with E-state index >= 15 is 0 Å². The molecule has 154 valence electrons. The second-order valence-electron chi connectivity index (χ2n) is 7.10. The lowest BCUT2D eigenvalue weighted by molar-refractivity contribution is -0.144. The molecule has 1 saturated heterocycles. The van der Waals surface area contributed by atoms with Crippen LogP contribution in [0.2, 0.25) is 0 Å². The first-order valence-corrected chi connectivity index (χ1v) is 9.24. The molecule has 0 unspecified atom stereocenters. The van der Waals surface area contributed by atoms with Crippen molar-refractivity contribution in [1.29, 1.82) is 0 Å². The van der Waals surface area contributed by atoms with Gasteiger partial charge >= 0.3 is 18.0 Å². The maximum absolute atomic E-state index is 13.0. The van der Waals surface area contributed by atoms with Crippen molar-refractivity contribution in [2.45, 2.75) is 25.4 Å². The van der Waals surface area contributed by atoms with Gasteiger partial charge in [0.2, 0.25) is 0 Å². The predicted octanol–water partition coefficient (Wildman–Crippen LogP) is 4.26. The van der Waals surface area contributed by atoms with Gasteiger partial charge in [-0.25, -0.2) is 4.39 Å². The van der Waals surface area contributed by atoms with Gasteiger partial charge in [-0.15, -0.1) is 0 Å². The third-order valence-electron chi connectivity index (χ3n) is 4.98. The van der Waals surface area contributed by atoms with E-state index in [2.05, 4.69) is 5.32 Å². The van der Waals surface area contributed by atoms with Crippen LogP contribution >= 0.6 is 0 Å². The lowest BCUT2D eigenvalue weighted by Gasteiger charge is -2.31. The maximum atomic E-state index is 13.0. The molecule has 0 aromatic heterocycles. The van der Waals surface area contributed by atoms with Crippen LogP contribution in [0.15, 0.2) is 48.5 Å². The van der Waals surface area contributed by atoms with E-state index in [1.807, 2.05) is 0 Å². The van der Waals surface area contributed by atoms with Crippen LogP contribution in [-0.2, 0) is 22.2 Å². The highest BCUT2D eigenvalue weighted by Gasteiger charge is 2.31. The highest BCUT2D eigenvalue weighted by Crippen LogP contribution is 2.30. The quantitative estimate of drug-likeness (QED) is 0.609. The lowest BCUT2D eigenvalue weighted by Crippen LogP contribution is -2.44. The lowest BCUT2D eigenvalue weighted by atomic mass is 9.90. The number of hydrogen-bond acceptors (Lipinski definition) is 2.